The molecular formula is C21H19NO2. The van der Waals surface area contributed by atoms with Crippen LogP contribution in [0.2, 0.25) is 0 Å². The molecule has 3 aromatic carbocycles. The zero-order valence-electron chi connectivity index (χ0n) is 13.7. The van der Waals surface area contributed by atoms with Crippen molar-refractivity contribution in [1.29, 1.82) is 0 Å². The van der Waals surface area contributed by atoms with Gasteiger partial charge in [-0.15, -0.1) is 0 Å². The molecule has 0 atom stereocenters. The first-order valence-corrected chi connectivity index (χ1v) is 7.83. The van der Waals surface area contributed by atoms with Gasteiger partial charge in [0.1, 0.15) is 11.5 Å². The van der Waals surface area contributed by atoms with Crippen LogP contribution in [0.3, 0.4) is 0 Å². The molecule has 0 aliphatic rings. The van der Waals surface area contributed by atoms with Crippen LogP contribution in [0.4, 0.5) is 5.69 Å². The van der Waals surface area contributed by atoms with Gasteiger partial charge in [0.05, 0.1) is 0 Å². The number of hydrogen-bond acceptors (Lipinski definition) is 2. The molecular weight excluding hydrogens is 298 g/mol. The molecule has 3 heteroatoms. The monoisotopic (exact) mass is 317 g/mol. The van der Waals surface area contributed by atoms with E-state index in [1.807, 2.05) is 62.4 Å². The van der Waals surface area contributed by atoms with Gasteiger partial charge in [0.2, 0.25) is 0 Å². The molecule has 0 heterocycles. The van der Waals surface area contributed by atoms with Gasteiger partial charge >= 0.3 is 0 Å². The number of anilines is 1. The quantitative estimate of drug-likeness (QED) is 0.704. The van der Waals surface area contributed by atoms with Crippen molar-refractivity contribution in [2.45, 2.75) is 13.8 Å². The normalized spacial score (nSPS) is 10.2. The lowest BCUT2D eigenvalue weighted by atomic mass is 10.1. The van der Waals surface area contributed by atoms with Crippen LogP contribution in [0.5, 0.6) is 11.5 Å². The molecule has 0 aliphatic heterocycles. The molecule has 1 amide bonds. The predicted octanol–water partition coefficient (Wildman–Crippen LogP) is 5.35. The van der Waals surface area contributed by atoms with Crippen LogP contribution in [-0.2, 0) is 0 Å². The SMILES string of the molecule is Cc1ccc(C)c(NC(=O)c2ccc(Oc3ccccc3)cc2)c1. The maximum atomic E-state index is 12.4. The molecule has 0 spiro atoms. The Morgan fingerprint density at radius 2 is 1.50 bits per heavy atom. The number of carbonyl (C=O) groups is 1. The topological polar surface area (TPSA) is 38.3 Å². The highest BCUT2D eigenvalue weighted by molar-refractivity contribution is 6.04. The highest BCUT2D eigenvalue weighted by Crippen LogP contribution is 2.22. The summed E-state index contributed by atoms with van der Waals surface area (Å²) in [6.45, 7) is 3.98. The van der Waals surface area contributed by atoms with Gasteiger partial charge in [-0.3, -0.25) is 4.79 Å². The predicted molar refractivity (Wildman–Crippen MR) is 96.8 cm³/mol. The summed E-state index contributed by atoms with van der Waals surface area (Å²) in [4.78, 5) is 12.4. The molecule has 0 saturated carbocycles. The molecule has 24 heavy (non-hydrogen) atoms. The molecule has 0 bridgehead atoms. The van der Waals surface area contributed by atoms with Crippen molar-refractivity contribution in [1.82, 2.24) is 0 Å². The van der Waals surface area contributed by atoms with E-state index in [9.17, 15) is 4.79 Å². The number of benzene rings is 3. The van der Waals surface area contributed by atoms with E-state index in [2.05, 4.69) is 5.32 Å². The molecule has 0 fully saturated rings. The van der Waals surface area contributed by atoms with Gasteiger partial charge in [-0.05, 0) is 67.4 Å². The van der Waals surface area contributed by atoms with E-state index in [-0.39, 0.29) is 5.91 Å². The Bertz CT molecular complexity index is 839. The van der Waals surface area contributed by atoms with E-state index in [4.69, 9.17) is 4.74 Å². The third kappa shape index (κ3) is 3.82. The minimum absolute atomic E-state index is 0.130. The number of hydrogen-bond donors (Lipinski definition) is 1. The van der Waals surface area contributed by atoms with Gasteiger partial charge in [-0.2, -0.15) is 0 Å². The molecule has 120 valence electrons. The summed E-state index contributed by atoms with van der Waals surface area (Å²) >= 11 is 0. The first kappa shape index (κ1) is 15.8. The first-order valence-electron chi connectivity index (χ1n) is 7.83. The number of rotatable bonds is 4. The Morgan fingerprint density at radius 3 is 2.21 bits per heavy atom. The number of nitrogens with one attached hydrogen (secondary N) is 1. The van der Waals surface area contributed by atoms with Crippen molar-refractivity contribution in [2.24, 2.45) is 0 Å². The summed E-state index contributed by atoms with van der Waals surface area (Å²) in [5, 5.41) is 2.96. The highest BCUT2D eigenvalue weighted by atomic mass is 16.5. The summed E-state index contributed by atoms with van der Waals surface area (Å²) < 4.78 is 5.73. The fourth-order valence-corrected chi connectivity index (χ4v) is 2.36. The third-order valence-electron chi connectivity index (χ3n) is 3.74. The lowest BCUT2D eigenvalue weighted by molar-refractivity contribution is 0.102. The second kappa shape index (κ2) is 7.01. The van der Waals surface area contributed by atoms with E-state index in [1.165, 1.54) is 0 Å². The van der Waals surface area contributed by atoms with E-state index < -0.39 is 0 Å². The average molecular weight is 317 g/mol. The summed E-state index contributed by atoms with van der Waals surface area (Å²) in [5.74, 6) is 1.34. The molecule has 0 aliphatic carbocycles. The molecule has 3 nitrogen and oxygen atoms in total. The van der Waals surface area contributed by atoms with Crippen LogP contribution in [0.1, 0.15) is 21.5 Å². The average Bonchev–Trinajstić information content (AvgIpc) is 2.60. The number of ether oxygens (including phenoxy) is 1. The van der Waals surface area contributed by atoms with Crippen LogP contribution in [0.15, 0.2) is 72.8 Å². The van der Waals surface area contributed by atoms with E-state index in [0.717, 1.165) is 22.6 Å². The lowest BCUT2D eigenvalue weighted by Crippen LogP contribution is -2.12. The van der Waals surface area contributed by atoms with Crippen LogP contribution in [-0.4, -0.2) is 5.91 Å². The van der Waals surface area contributed by atoms with Crippen molar-refractivity contribution in [2.75, 3.05) is 5.32 Å². The number of amides is 1. The second-order valence-electron chi connectivity index (χ2n) is 5.71. The molecule has 3 rings (SSSR count). The van der Waals surface area contributed by atoms with E-state index >= 15 is 0 Å². The molecule has 0 aromatic heterocycles. The van der Waals surface area contributed by atoms with E-state index in [0.29, 0.717) is 11.3 Å². The van der Waals surface area contributed by atoms with Crippen LogP contribution >= 0.6 is 0 Å². The molecule has 0 radical (unpaired) electrons. The standard InChI is InChI=1S/C21H19NO2/c1-15-8-9-16(2)20(14-15)22-21(23)17-10-12-19(13-11-17)24-18-6-4-3-5-7-18/h3-14H,1-2H3,(H,22,23). The van der Waals surface area contributed by atoms with Gasteiger partial charge in [-0.25, -0.2) is 0 Å². The van der Waals surface area contributed by atoms with Crippen LogP contribution in [0.25, 0.3) is 0 Å². The van der Waals surface area contributed by atoms with Crippen molar-refractivity contribution in [3.8, 4) is 11.5 Å². The van der Waals surface area contributed by atoms with Crippen molar-refractivity contribution < 1.29 is 9.53 Å². The summed E-state index contributed by atoms with van der Waals surface area (Å²) in [6.07, 6.45) is 0. The Hall–Kier alpha value is -3.07. The van der Waals surface area contributed by atoms with Crippen LogP contribution in [0, 0.1) is 13.8 Å². The molecule has 0 unspecified atom stereocenters. The fourth-order valence-electron chi connectivity index (χ4n) is 2.36. The zero-order chi connectivity index (χ0) is 16.9. The highest BCUT2D eigenvalue weighted by Gasteiger charge is 2.08. The van der Waals surface area contributed by atoms with Crippen molar-refractivity contribution in [3.63, 3.8) is 0 Å². The van der Waals surface area contributed by atoms with Gasteiger partial charge in [-0.1, -0.05) is 30.3 Å². The number of carbonyl (C=O) groups excluding carboxylic acids is 1. The van der Waals surface area contributed by atoms with Gasteiger partial charge in [0.15, 0.2) is 0 Å². The maximum Gasteiger partial charge on any atom is 0.255 e. The van der Waals surface area contributed by atoms with Crippen molar-refractivity contribution in [3.05, 3.63) is 89.5 Å². The van der Waals surface area contributed by atoms with Gasteiger partial charge in [0.25, 0.3) is 5.91 Å². The smallest absolute Gasteiger partial charge is 0.255 e. The Kier molecular flexibility index (Phi) is 4.62. The zero-order valence-corrected chi connectivity index (χ0v) is 13.7. The second-order valence-corrected chi connectivity index (χ2v) is 5.71. The summed E-state index contributed by atoms with van der Waals surface area (Å²) in [6, 6.07) is 22.7. The van der Waals surface area contributed by atoms with Crippen molar-refractivity contribution >= 4 is 11.6 Å². The van der Waals surface area contributed by atoms with E-state index in [1.54, 1.807) is 24.3 Å². The van der Waals surface area contributed by atoms with Crippen LogP contribution < -0.4 is 10.1 Å². The number of aryl methyl sites for hydroxylation is 2. The largest absolute Gasteiger partial charge is 0.457 e. The fraction of sp³-hybridized carbons (Fsp3) is 0.0952. The third-order valence-corrected chi connectivity index (χ3v) is 3.74. The maximum absolute atomic E-state index is 12.4. The Balaban J connectivity index is 1.71. The summed E-state index contributed by atoms with van der Waals surface area (Å²) in [7, 11) is 0. The Labute approximate surface area is 141 Å². The molecule has 3 aromatic rings. The molecule has 0 saturated heterocycles. The number of para-hydroxylation sites is 1. The van der Waals surface area contributed by atoms with Gasteiger partial charge < -0.3 is 10.1 Å². The lowest BCUT2D eigenvalue weighted by Gasteiger charge is -2.10. The first-order chi connectivity index (χ1) is 11.6. The molecule has 1 N–H and O–H groups in total. The van der Waals surface area contributed by atoms with Gasteiger partial charge in [0, 0.05) is 11.3 Å². The minimum Gasteiger partial charge on any atom is -0.457 e. The Morgan fingerprint density at radius 1 is 0.833 bits per heavy atom. The summed E-state index contributed by atoms with van der Waals surface area (Å²) in [5.41, 5.74) is 3.58. The minimum atomic E-state index is -0.130.